The van der Waals surface area contributed by atoms with Crippen LogP contribution in [0.15, 0.2) is 22.7 Å². The zero-order valence-corrected chi connectivity index (χ0v) is 15.4. The van der Waals surface area contributed by atoms with Crippen molar-refractivity contribution in [1.82, 2.24) is 9.78 Å². The normalized spacial score (nSPS) is 12.1. The van der Waals surface area contributed by atoms with Gasteiger partial charge in [0.15, 0.2) is 5.69 Å². The molecule has 146 valence electrons. The van der Waals surface area contributed by atoms with Gasteiger partial charge in [-0.3, -0.25) is 9.48 Å². The van der Waals surface area contributed by atoms with Gasteiger partial charge in [-0.2, -0.15) is 27.1 Å². The fourth-order valence-electron chi connectivity index (χ4n) is 2.04. The third-order valence-corrected chi connectivity index (χ3v) is 4.39. The largest absolute Gasteiger partial charge is 0.478 e. The lowest BCUT2D eigenvalue weighted by atomic mass is 10.2. The van der Waals surface area contributed by atoms with E-state index in [1.807, 2.05) is 0 Å². The monoisotopic (exact) mass is 475 g/mol. The van der Waals surface area contributed by atoms with Crippen LogP contribution in [0.2, 0.25) is 5.02 Å². The number of nitrogens with one attached hydrogen (secondary N) is 1. The van der Waals surface area contributed by atoms with Crippen LogP contribution in [0, 0.1) is 0 Å². The van der Waals surface area contributed by atoms with Crippen LogP contribution in [0.3, 0.4) is 0 Å². The number of hydrogen-bond donors (Lipinski definition) is 2. The number of alkyl halides is 5. The van der Waals surface area contributed by atoms with E-state index in [9.17, 15) is 31.5 Å². The molecule has 0 atom stereocenters. The zero-order chi connectivity index (χ0) is 20.7. The topological polar surface area (TPSA) is 84.2 Å². The molecule has 1 amide bonds. The fourth-order valence-corrected chi connectivity index (χ4v) is 3.00. The number of amides is 1. The van der Waals surface area contributed by atoms with Crippen molar-refractivity contribution in [2.45, 2.75) is 12.1 Å². The third kappa shape index (κ3) is 3.90. The lowest BCUT2D eigenvalue weighted by molar-refractivity contribution is -0.291. The van der Waals surface area contributed by atoms with E-state index >= 15 is 0 Å². The Morgan fingerprint density at radius 1 is 1.26 bits per heavy atom. The molecule has 0 radical (unpaired) electrons. The number of aryl methyl sites for hydroxylation is 1. The number of rotatable bonds is 4. The number of aromatic nitrogens is 2. The maximum Gasteiger partial charge on any atom is 0.459 e. The molecule has 6 nitrogen and oxygen atoms in total. The highest BCUT2D eigenvalue weighted by Crippen LogP contribution is 2.46. The summed E-state index contributed by atoms with van der Waals surface area (Å²) in [4.78, 5) is 23.3. The van der Waals surface area contributed by atoms with Crippen molar-refractivity contribution in [3.8, 4) is 0 Å². The van der Waals surface area contributed by atoms with E-state index in [0.29, 0.717) is 4.68 Å². The molecule has 0 spiro atoms. The molecular formula is C14H8BrClF5N3O3. The van der Waals surface area contributed by atoms with E-state index in [1.54, 1.807) is 0 Å². The summed E-state index contributed by atoms with van der Waals surface area (Å²) >= 11 is 8.24. The molecule has 2 aromatic rings. The SMILES string of the molecule is Cn1nc(C(F)(F)C(F)(F)F)c(Br)c1C(=O)Nc1ccc(Cl)c(C(=O)O)c1. The van der Waals surface area contributed by atoms with Crippen LogP contribution in [0.1, 0.15) is 26.5 Å². The third-order valence-electron chi connectivity index (χ3n) is 3.31. The van der Waals surface area contributed by atoms with Crippen LogP contribution in [-0.4, -0.2) is 32.9 Å². The van der Waals surface area contributed by atoms with Gasteiger partial charge in [0.05, 0.1) is 15.1 Å². The number of halogens is 7. The van der Waals surface area contributed by atoms with E-state index in [2.05, 4.69) is 26.3 Å². The maximum absolute atomic E-state index is 13.6. The molecule has 0 aliphatic rings. The highest BCUT2D eigenvalue weighted by molar-refractivity contribution is 9.10. The first-order chi connectivity index (χ1) is 12.3. The van der Waals surface area contributed by atoms with E-state index in [-0.39, 0.29) is 16.3 Å². The van der Waals surface area contributed by atoms with Crippen LogP contribution in [0.4, 0.5) is 27.6 Å². The Hall–Kier alpha value is -2.21. The molecule has 1 aromatic carbocycles. The summed E-state index contributed by atoms with van der Waals surface area (Å²) in [5, 5.41) is 14.2. The molecule has 0 saturated carbocycles. The van der Waals surface area contributed by atoms with Crippen molar-refractivity contribution in [3.63, 3.8) is 0 Å². The van der Waals surface area contributed by atoms with Gasteiger partial charge in [0, 0.05) is 12.7 Å². The smallest absolute Gasteiger partial charge is 0.459 e. The van der Waals surface area contributed by atoms with E-state index in [1.165, 1.54) is 12.1 Å². The Kier molecular flexibility index (Phi) is 5.53. The van der Waals surface area contributed by atoms with Crippen molar-refractivity contribution in [3.05, 3.63) is 44.6 Å². The number of anilines is 1. The van der Waals surface area contributed by atoms with Gasteiger partial charge in [-0.25, -0.2) is 4.79 Å². The van der Waals surface area contributed by atoms with Crippen LogP contribution in [0.25, 0.3) is 0 Å². The Morgan fingerprint density at radius 2 is 1.85 bits per heavy atom. The first-order valence-corrected chi connectivity index (χ1v) is 7.96. The number of nitrogens with zero attached hydrogens (tertiary/aromatic N) is 2. The summed E-state index contributed by atoms with van der Waals surface area (Å²) in [5.41, 5.74) is -2.72. The fraction of sp³-hybridized carbons (Fsp3) is 0.214. The second kappa shape index (κ2) is 7.08. The van der Waals surface area contributed by atoms with Gasteiger partial charge < -0.3 is 10.4 Å². The van der Waals surface area contributed by atoms with Crippen molar-refractivity contribution < 1.29 is 36.6 Å². The van der Waals surface area contributed by atoms with E-state index < -0.39 is 39.8 Å². The number of hydrogen-bond acceptors (Lipinski definition) is 3. The molecule has 2 rings (SSSR count). The van der Waals surface area contributed by atoms with Crippen LogP contribution in [0.5, 0.6) is 0 Å². The highest BCUT2D eigenvalue weighted by Gasteiger charge is 2.61. The van der Waals surface area contributed by atoms with Crippen molar-refractivity contribution in [2.75, 3.05) is 5.32 Å². The number of carboxylic acid groups (broad SMARTS) is 1. The summed E-state index contributed by atoms with van der Waals surface area (Å²) < 4.78 is 64.5. The summed E-state index contributed by atoms with van der Waals surface area (Å²) in [5.74, 6) is -7.77. The Balaban J connectivity index is 2.42. The number of aromatic carboxylic acids is 1. The molecule has 0 aliphatic carbocycles. The second-order valence-corrected chi connectivity index (χ2v) is 6.36. The molecular weight excluding hydrogens is 469 g/mol. The molecule has 27 heavy (non-hydrogen) atoms. The van der Waals surface area contributed by atoms with Crippen LogP contribution in [-0.2, 0) is 13.0 Å². The molecule has 0 unspecified atom stereocenters. The molecule has 0 saturated heterocycles. The quantitative estimate of drug-likeness (QED) is 0.639. The standard InChI is InChI=1S/C14H8BrClF5N3O3/c1-24-9(8(15)10(23-24)13(17,18)14(19,20)21)11(25)22-5-2-3-7(16)6(4-5)12(26)27/h2-4H,1H3,(H,22,25)(H,26,27). The number of benzene rings is 1. The zero-order valence-electron chi connectivity index (χ0n) is 13.0. The van der Waals surface area contributed by atoms with E-state index in [4.69, 9.17) is 16.7 Å². The second-order valence-electron chi connectivity index (χ2n) is 5.16. The van der Waals surface area contributed by atoms with Crippen molar-refractivity contribution >= 4 is 45.1 Å². The maximum atomic E-state index is 13.6. The Bertz CT molecular complexity index is 929. The number of carboxylic acids is 1. The number of carbonyl (C=O) groups excluding carboxylic acids is 1. The van der Waals surface area contributed by atoms with Gasteiger partial charge in [-0.15, -0.1) is 0 Å². The van der Waals surface area contributed by atoms with Gasteiger partial charge in [0.2, 0.25) is 0 Å². The van der Waals surface area contributed by atoms with Gasteiger partial charge >= 0.3 is 18.1 Å². The number of carbonyl (C=O) groups is 2. The first kappa shape index (κ1) is 21.1. The molecule has 0 fully saturated rings. The van der Waals surface area contributed by atoms with Gasteiger partial charge in [0.25, 0.3) is 5.91 Å². The van der Waals surface area contributed by atoms with Gasteiger partial charge in [-0.05, 0) is 34.1 Å². The summed E-state index contributed by atoms with van der Waals surface area (Å²) in [7, 11) is 1.00. The predicted octanol–water partition coefficient (Wildman–Crippen LogP) is 4.44. The molecule has 0 aliphatic heterocycles. The van der Waals surface area contributed by atoms with Gasteiger partial charge in [-0.1, -0.05) is 11.6 Å². The summed E-state index contributed by atoms with van der Waals surface area (Å²) in [6, 6.07) is 3.39. The predicted molar refractivity (Wildman–Crippen MR) is 87.2 cm³/mol. The molecule has 2 N–H and O–H groups in total. The average molecular weight is 477 g/mol. The van der Waals surface area contributed by atoms with Crippen LogP contribution < -0.4 is 5.32 Å². The van der Waals surface area contributed by atoms with Crippen molar-refractivity contribution in [2.24, 2.45) is 7.05 Å². The minimum atomic E-state index is -5.91. The summed E-state index contributed by atoms with van der Waals surface area (Å²) in [6.45, 7) is 0. The Labute approximate surface area is 161 Å². The minimum Gasteiger partial charge on any atom is -0.478 e. The highest BCUT2D eigenvalue weighted by atomic mass is 79.9. The lowest BCUT2D eigenvalue weighted by Gasteiger charge is -2.17. The lowest BCUT2D eigenvalue weighted by Crippen LogP contribution is -2.34. The molecule has 1 aromatic heterocycles. The molecule has 1 heterocycles. The van der Waals surface area contributed by atoms with Gasteiger partial charge in [0.1, 0.15) is 5.69 Å². The van der Waals surface area contributed by atoms with Crippen LogP contribution >= 0.6 is 27.5 Å². The molecule has 0 bridgehead atoms. The van der Waals surface area contributed by atoms with Crippen molar-refractivity contribution in [1.29, 1.82) is 0 Å². The van der Waals surface area contributed by atoms with E-state index in [0.717, 1.165) is 13.1 Å². The first-order valence-electron chi connectivity index (χ1n) is 6.79. The molecule has 13 heteroatoms. The Morgan fingerprint density at radius 3 is 2.37 bits per heavy atom. The minimum absolute atomic E-state index is 0.0703. The summed E-state index contributed by atoms with van der Waals surface area (Å²) in [6.07, 6.45) is -5.91. The average Bonchev–Trinajstić information content (AvgIpc) is 2.83.